The van der Waals surface area contributed by atoms with Gasteiger partial charge in [-0.2, -0.15) is 0 Å². The van der Waals surface area contributed by atoms with Gasteiger partial charge in [-0.1, -0.05) is 50.7 Å². The van der Waals surface area contributed by atoms with Crippen LogP contribution in [-0.2, 0) is 13.0 Å². The van der Waals surface area contributed by atoms with Crippen molar-refractivity contribution in [2.24, 2.45) is 5.92 Å². The minimum absolute atomic E-state index is 0.0799. The summed E-state index contributed by atoms with van der Waals surface area (Å²) in [5.74, 6) is 9.02. The Labute approximate surface area is 216 Å². The van der Waals surface area contributed by atoms with Gasteiger partial charge in [0.1, 0.15) is 17.5 Å². The van der Waals surface area contributed by atoms with E-state index in [0.29, 0.717) is 40.2 Å². The zero-order valence-corrected chi connectivity index (χ0v) is 21.3. The van der Waals surface area contributed by atoms with E-state index in [1.165, 1.54) is 24.3 Å². The van der Waals surface area contributed by atoms with Crippen LogP contribution in [0.2, 0.25) is 0 Å². The first kappa shape index (κ1) is 27.3. The van der Waals surface area contributed by atoms with Crippen LogP contribution in [-0.4, -0.2) is 14.5 Å². The monoisotopic (exact) mass is 497 g/mol. The highest BCUT2D eigenvalue weighted by Gasteiger charge is 2.17. The van der Waals surface area contributed by atoms with Gasteiger partial charge in [0.05, 0.1) is 5.52 Å². The highest BCUT2D eigenvalue weighted by molar-refractivity contribution is 5.74. The molecule has 1 atom stereocenters. The van der Waals surface area contributed by atoms with Crippen LogP contribution in [0.3, 0.4) is 0 Å². The zero-order chi connectivity index (χ0) is 26.8. The number of aryl methyl sites for hydroxylation is 1. The van der Waals surface area contributed by atoms with E-state index in [1.54, 1.807) is 41.1 Å². The number of nitrogens with zero attached hydrogens (tertiary/aromatic N) is 3. The van der Waals surface area contributed by atoms with Crippen LogP contribution in [0, 0.1) is 41.7 Å². The molecule has 4 nitrogen and oxygen atoms in total. The molecule has 2 aromatic carbocycles. The number of hydrogen-bond donors (Lipinski definition) is 0. The number of rotatable bonds is 0. The lowest BCUT2D eigenvalue weighted by Gasteiger charge is -2.09. The third kappa shape index (κ3) is 7.35. The van der Waals surface area contributed by atoms with Gasteiger partial charge in [-0.05, 0) is 61.2 Å². The summed E-state index contributed by atoms with van der Waals surface area (Å²) in [6, 6.07) is 13.9. The predicted molar refractivity (Wildman–Crippen MR) is 144 cm³/mol. The molecule has 6 heteroatoms. The zero-order valence-electron chi connectivity index (χ0n) is 21.3. The normalized spacial score (nSPS) is 13.8. The quantitative estimate of drug-likeness (QED) is 0.274. The topological polar surface area (TPSA) is 47.8 Å². The Kier molecular flexibility index (Phi) is 9.69. The van der Waals surface area contributed by atoms with Crippen LogP contribution in [0.1, 0.15) is 56.1 Å². The molecule has 4 aromatic rings. The average molecular weight is 498 g/mol. The molecule has 0 amide bonds. The number of pyridine rings is 1. The number of hydrogen-bond acceptors (Lipinski definition) is 3. The summed E-state index contributed by atoms with van der Waals surface area (Å²) in [5.41, 5.74) is 2.69. The minimum atomic E-state index is -0.319. The summed E-state index contributed by atoms with van der Waals surface area (Å²) in [5, 5.41) is 0. The largest absolute Gasteiger partial charge is 0.295 e. The molecule has 0 saturated heterocycles. The van der Waals surface area contributed by atoms with Crippen molar-refractivity contribution in [1.29, 1.82) is 0 Å². The van der Waals surface area contributed by atoms with Gasteiger partial charge in [-0.15, -0.1) is 6.42 Å². The third-order valence-corrected chi connectivity index (χ3v) is 5.75. The Balaban J connectivity index is 0.000000291. The van der Waals surface area contributed by atoms with Crippen LogP contribution in [0.4, 0.5) is 8.78 Å². The highest BCUT2D eigenvalue weighted by Crippen LogP contribution is 2.18. The van der Waals surface area contributed by atoms with E-state index in [-0.39, 0.29) is 17.2 Å². The maximum absolute atomic E-state index is 13.2. The van der Waals surface area contributed by atoms with Gasteiger partial charge in [-0.3, -0.25) is 9.36 Å². The SMILES string of the molecule is C#Cc1cccc(F)c1.CC.CC1CCc2nc3cc(C#Cc4cccc(F)c4)cnc3c(=O)n2CC1. The number of terminal acetylenes is 1. The first-order valence-corrected chi connectivity index (χ1v) is 12.3. The molecule has 0 saturated carbocycles. The number of fused-ring (bicyclic) bond motifs is 2. The Morgan fingerprint density at radius 3 is 2.24 bits per heavy atom. The van der Waals surface area contributed by atoms with Crippen LogP contribution in [0.5, 0.6) is 0 Å². The Morgan fingerprint density at radius 2 is 1.59 bits per heavy atom. The summed E-state index contributed by atoms with van der Waals surface area (Å²) in [6.45, 7) is 6.90. The molecule has 3 heterocycles. The molecule has 188 valence electrons. The van der Waals surface area contributed by atoms with Crippen molar-refractivity contribution in [3.63, 3.8) is 0 Å². The van der Waals surface area contributed by atoms with E-state index in [2.05, 4.69) is 34.7 Å². The third-order valence-electron chi connectivity index (χ3n) is 5.75. The predicted octanol–water partition coefficient (Wildman–Crippen LogP) is 6.14. The maximum atomic E-state index is 13.2. The first-order chi connectivity index (χ1) is 17.9. The van der Waals surface area contributed by atoms with Crippen molar-refractivity contribution in [1.82, 2.24) is 14.5 Å². The molecular weight excluding hydrogens is 468 g/mol. The maximum Gasteiger partial charge on any atom is 0.280 e. The Hall–Kier alpha value is -4.29. The molecule has 1 unspecified atom stereocenters. The summed E-state index contributed by atoms with van der Waals surface area (Å²) in [7, 11) is 0. The molecule has 2 aromatic heterocycles. The summed E-state index contributed by atoms with van der Waals surface area (Å²) < 4.78 is 27.3. The number of halogens is 2. The fourth-order valence-electron chi connectivity index (χ4n) is 3.80. The molecule has 0 fully saturated rings. The highest BCUT2D eigenvalue weighted by atomic mass is 19.1. The van der Waals surface area contributed by atoms with Crippen LogP contribution in [0.15, 0.2) is 65.6 Å². The fraction of sp³-hybridized carbons (Fsp3) is 0.258. The molecule has 1 aliphatic heterocycles. The lowest BCUT2D eigenvalue weighted by Crippen LogP contribution is -2.25. The lowest BCUT2D eigenvalue weighted by atomic mass is 10.0. The first-order valence-electron chi connectivity index (χ1n) is 12.3. The smallest absolute Gasteiger partial charge is 0.280 e. The molecule has 0 spiro atoms. The molecular formula is C31H29F2N3O. The standard InChI is InChI=1S/C21H18FN3O.C8H5F.C2H6/c1-14-5-8-19-24-18-12-16(7-6-15-3-2-4-17(22)11-15)13-23-20(18)21(26)25(19)10-9-14;1-2-7-4-3-5-8(9)6-7;1-2/h2-4,11-14H,5,8-10H2,1H3;1,3-6H;1-2H3. The van der Waals surface area contributed by atoms with Crippen molar-refractivity contribution in [3.05, 3.63) is 105 Å². The number of aromatic nitrogens is 3. The van der Waals surface area contributed by atoms with Gasteiger partial charge >= 0.3 is 0 Å². The van der Waals surface area contributed by atoms with E-state index in [4.69, 9.17) is 6.42 Å². The molecule has 1 aliphatic rings. The van der Waals surface area contributed by atoms with Gasteiger partial charge in [0.2, 0.25) is 0 Å². The van der Waals surface area contributed by atoms with Gasteiger partial charge in [0.15, 0.2) is 5.52 Å². The van der Waals surface area contributed by atoms with E-state index in [0.717, 1.165) is 25.1 Å². The van der Waals surface area contributed by atoms with Crippen molar-refractivity contribution in [2.45, 2.75) is 46.6 Å². The second-order valence-electron chi connectivity index (χ2n) is 8.42. The van der Waals surface area contributed by atoms with Gasteiger partial charge in [0.25, 0.3) is 5.56 Å². The molecule has 0 radical (unpaired) electrons. The fourth-order valence-corrected chi connectivity index (χ4v) is 3.80. The second-order valence-corrected chi connectivity index (χ2v) is 8.42. The molecule has 0 N–H and O–H groups in total. The van der Waals surface area contributed by atoms with Crippen LogP contribution < -0.4 is 5.56 Å². The van der Waals surface area contributed by atoms with Crippen molar-refractivity contribution in [3.8, 4) is 24.2 Å². The van der Waals surface area contributed by atoms with Crippen molar-refractivity contribution < 1.29 is 8.78 Å². The van der Waals surface area contributed by atoms with E-state index in [9.17, 15) is 13.6 Å². The van der Waals surface area contributed by atoms with Crippen molar-refractivity contribution >= 4 is 11.0 Å². The minimum Gasteiger partial charge on any atom is -0.295 e. The van der Waals surface area contributed by atoms with Gasteiger partial charge in [0, 0.05) is 35.9 Å². The van der Waals surface area contributed by atoms with E-state index < -0.39 is 0 Å². The van der Waals surface area contributed by atoms with E-state index >= 15 is 0 Å². The van der Waals surface area contributed by atoms with Crippen molar-refractivity contribution in [2.75, 3.05) is 0 Å². The summed E-state index contributed by atoms with van der Waals surface area (Å²) in [4.78, 5) is 21.7. The molecule has 37 heavy (non-hydrogen) atoms. The average Bonchev–Trinajstić information content (AvgIpc) is 3.10. The second kappa shape index (κ2) is 13.1. The summed E-state index contributed by atoms with van der Waals surface area (Å²) >= 11 is 0. The van der Waals surface area contributed by atoms with E-state index in [1.807, 2.05) is 13.8 Å². The van der Waals surface area contributed by atoms with Crippen LogP contribution >= 0.6 is 0 Å². The molecule has 5 rings (SSSR count). The molecule has 0 aliphatic carbocycles. The molecule has 0 bridgehead atoms. The van der Waals surface area contributed by atoms with Crippen LogP contribution in [0.25, 0.3) is 11.0 Å². The van der Waals surface area contributed by atoms with Gasteiger partial charge < -0.3 is 0 Å². The summed E-state index contributed by atoms with van der Waals surface area (Å²) in [6.07, 6.45) is 9.39. The Bertz CT molecular complexity index is 1540. The van der Waals surface area contributed by atoms with Gasteiger partial charge in [-0.25, -0.2) is 18.7 Å². The number of benzene rings is 2. The Morgan fingerprint density at radius 1 is 0.946 bits per heavy atom. The lowest BCUT2D eigenvalue weighted by molar-refractivity contribution is 0.483.